The standard InChI is InChI=1S/C6H9N3O2/c1-2-7-6(11)5-4(10)3-8-9-5/h3,10H,2H2,1H3,(H,7,11)(H,8,9). The molecule has 0 aromatic carbocycles. The highest BCUT2D eigenvalue weighted by Crippen LogP contribution is 2.10. The molecular weight excluding hydrogens is 146 g/mol. The Balaban J connectivity index is 2.76. The van der Waals surface area contributed by atoms with Gasteiger partial charge in [-0.2, -0.15) is 5.10 Å². The summed E-state index contributed by atoms with van der Waals surface area (Å²) >= 11 is 0. The topological polar surface area (TPSA) is 78.0 Å². The van der Waals surface area contributed by atoms with E-state index in [2.05, 4.69) is 15.5 Å². The quantitative estimate of drug-likeness (QED) is 0.556. The van der Waals surface area contributed by atoms with Crippen LogP contribution >= 0.6 is 0 Å². The van der Waals surface area contributed by atoms with Gasteiger partial charge in [-0.25, -0.2) is 0 Å². The highest BCUT2D eigenvalue weighted by Gasteiger charge is 2.10. The first-order chi connectivity index (χ1) is 5.25. The second-order valence-corrected chi connectivity index (χ2v) is 1.99. The molecule has 11 heavy (non-hydrogen) atoms. The Morgan fingerprint density at radius 2 is 2.64 bits per heavy atom. The van der Waals surface area contributed by atoms with Crippen LogP contribution in [-0.2, 0) is 0 Å². The first kappa shape index (κ1) is 7.59. The Bertz CT molecular complexity index is 256. The Morgan fingerprint density at radius 3 is 3.09 bits per heavy atom. The van der Waals surface area contributed by atoms with Crippen molar-refractivity contribution in [2.24, 2.45) is 0 Å². The number of nitrogens with one attached hydrogen (secondary N) is 2. The third kappa shape index (κ3) is 1.49. The van der Waals surface area contributed by atoms with Crippen LogP contribution in [0.5, 0.6) is 5.75 Å². The largest absolute Gasteiger partial charge is 0.504 e. The zero-order valence-corrected chi connectivity index (χ0v) is 6.09. The van der Waals surface area contributed by atoms with Gasteiger partial charge in [0, 0.05) is 6.54 Å². The highest BCUT2D eigenvalue weighted by molar-refractivity contribution is 5.94. The second-order valence-electron chi connectivity index (χ2n) is 1.99. The summed E-state index contributed by atoms with van der Waals surface area (Å²) in [5, 5.41) is 17.4. The molecule has 0 aliphatic rings. The number of carbonyl (C=O) groups excluding carboxylic acids is 1. The van der Waals surface area contributed by atoms with E-state index >= 15 is 0 Å². The summed E-state index contributed by atoms with van der Waals surface area (Å²) in [6.07, 6.45) is 1.19. The number of H-pyrrole nitrogens is 1. The Morgan fingerprint density at radius 1 is 1.91 bits per heavy atom. The number of amides is 1. The first-order valence-corrected chi connectivity index (χ1v) is 3.26. The summed E-state index contributed by atoms with van der Waals surface area (Å²) in [6.45, 7) is 2.32. The summed E-state index contributed by atoms with van der Waals surface area (Å²) in [7, 11) is 0. The SMILES string of the molecule is CCNC(=O)c1[nH]ncc1O. The van der Waals surface area contributed by atoms with E-state index in [-0.39, 0.29) is 17.4 Å². The van der Waals surface area contributed by atoms with Gasteiger partial charge >= 0.3 is 0 Å². The number of nitrogens with zero attached hydrogens (tertiary/aromatic N) is 1. The monoisotopic (exact) mass is 155 g/mol. The van der Waals surface area contributed by atoms with Crippen molar-refractivity contribution in [2.75, 3.05) is 6.54 Å². The predicted octanol–water partition coefficient (Wildman–Crippen LogP) is -0.135. The average Bonchev–Trinajstić information content (AvgIpc) is 2.36. The van der Waals surface area contributed by atoms with E-state index in [1.165, 1.54) is 6.20 Å². The zero-order valence-electron chi connectivity index (χ0n) is 6.09. The smallest absolute Gasteiger partial charge is 0.273 e. The van der Waals surface area contributed by atoms with E-state index in [9.17, 15) is 4.79 Å². The van der Waals surface area contributed by atoms with Crippen LogP contribution in [0.2, 0.25) is 0 Å². The van der Waals surface area contributed by atoms with Gasteiger partial charge in [-0.05, 0) is 6.92 Å². The maximum Gasteiger partial charge on any atom is 0.273 e. The molecular formula is C6H9N3O2. The van der Waals surface area contributed by atoms with Gasteiger partial charge in [-0.3, -0.25) is 9.89 Å². The third-order valence-electron chi connectivity index (χ3n) is 1.18. The van der Waals surface area contributed by atoms with E-state index in [0.717, 1.165) is 0 Å². The van der Waals surface area contributed by atoms with Crippen molar-refractivity contribution in [3.8, 4) is 5.75 Å². The van der Waals surface area contributed by atoms with E-state index in [0.29, 0.717) is 6.54 Å². The van der Waals surface area contributed by atoms with E-state index in [1.807, 2.05) is 0 Å². The Labute approximate surface area is 63.4 Å². The summed E-state index contributed by atoms with van der Waals surface area (Å²) in [5.41, 5.74) is 0.104. The number of hydrogen-bond acceptors (Lipinski definition) is 3. The maximum absolute atomic E-state index is 11.0. The molecule has 0 spiro atoms. The predicted molar refractivity (Wildman–Crippen MR) is 38.3 cm³/mol. The van der Waals surface area contributed by atoms with Crippen LogP contribution in [0.25, 0.3) is 0 Å². The van der Waals surface area contributed by atoms with E-state index < -0.39 is 0 Å². The summed E-state index contributed by atoms with van der Waals surface area (Å²) in [5.74, 6) is -0.474. The molecule has 0 bridgehead atoms. The lowest BCUT2D eigenvalue weighted by Gasteiger charge is -1.97. The number of carbonyl (C=O) groups is 1. The van der Waals surface area contributed by atoms with Gasteiger partial charge in [0.05, 0.1) is 6.20 Å². The van der Waals surface area contributed by atoms with Crippen LogP contribution in [0.3, 0.4) is 0 Å². The molecule has 1 aromatic rings. The normalized spacial score (nSPS) is 9.55. The van der Waals surface area contributed by atoms with Gasteiger partial charge in [0.25, 0.3) is 5.91 Å². The Kier molecular flexibility index (Phi) is 2.10. The van der Waals surface area contributed by atoms with Crippen LogP contribution in [0.4, 0.5) is 0 Å². The summed E-state index contributed by atoms with van der Waals surface area (Å²) in [4.78, 5) is 11.0. The van der Waals surface area contributed by atoms with Crippen LogP contribution in [0.15, 0.2) is 6.20 Å². The highest BCUT2D eigenvalue weighted by atomic mass is 16.3. The fourth-order valence-corrected chi connectivity index (χ4v) is 0.696. The van der Waals surface area contributed by atoms with E-state index in [1.54, 1.807) is 6.92 Å². The molecule has 60 valence electrons. The zero-order chi connectivity index (χ0) is 8.27. The molecule has 0 fully saturated rings. The molecule has 1 aromatic heterocycles. The van der Waals surface area contributed by atoms with Crippen LogP contribution < -0.4 is 5.32 Å². The van der Waals surface area contributed by atoms with E-state index in [4.69, 9.17) is 5.11 Å². The van der Waals surface area contributed by atoms with Crippen molar-refractivity contribution in [1.29, 1.82) is 0 Å². The molecule has 1 amide bonds. The first-order valence-electron chi connectivity index (χ1n) is 3.26. The molecule has 1 heterocycles. The third-order valence-corrected chi connectivity index (χ3v) is 1.18. The fraction of sp³-hybridized carbons (Fsp3) is 0.333. The number of aromatic amines is 1. The number of aromatic nitrogens is 2. The van der Waals surface area contributed by atoms with Crippen molar-refractivity contribution < 1.29 is 9.90 Å². The molecule has 5 nitrogen and oxygen atoms in total. The minimum absolute atomic E-state index is 0.104. The second kappa shape index (κ2) is 3.05. The number of aromatic hydroxyl groups is 1. The van der Waals surface area contributed by atoms with Crippen molar-refractivity contribution in [3.05, 3.63) is 11.9 Å². The molecule has 0 radical (unpaired) electrons. The molecule has 5 heteroatoms. The molecule has 0 unspecified atom stereocenters. The van der Waals surface area contributed by atoms with Crippen LogP contribution in [-0.4, -0.2) is 27.8 Å². The fourth-order valence-electron chi connectivity index (χ4n) is 0.696. The molecule has 3 N–H and O–H groups in total. The number of rotatable bonds is 2. The Hall–Kier alpha value is -1.52. The van der Waals surface area contributed by atoms with Crippen LogP contribution in [0, 0.1) is 0 Å². The lowest BCUT2D eigenvalue weighted by atomic mass is 10.4. The molecule has 0 saturated heterocycles. The van der Waals surface area contributed by atoms with Crippen molar-refractivity contribution in [2.45, 2.75) is 6.92 Å². The molecule has 0 aliphatic carbocycles. The lowest BCUT2D eigenvalue weighted by Crippen LogP contribution is -2.23. The lowest BCUT2D eigenvalue weighted by molar-refractivity contribution is 0.0948. The van der Waals surface area contributed by atoms with Gasteiger partial charge in [0.2, 0.25) is 0 Å². The van der Waals surface area contributed by atoms with Crippen LogP contribution in [0.1, 0.15) is 17.4 Å². The average molecular weight is 155 g/mol. The molecule has 0 saturated carbocycles. The van der Waals surface area contributed by atoms with Gasteiger partial charge in [-0.15, -0.1) is 0 Å². The number of hydrogen-bond donors (Lipinski definition) is 3. The molecule has 0 atom stereocenters. The minimum Gasteiger partial charge on any atom is -0.504 e. The molecule has 1 rings (SSSR count). The van der Waals surface area contributed by atoms with Gasteiger partial charge in [0.1, 0.15) is 0 Å². The maximum atomic E-state index is 11.0. The van der Waals surface area contributed by atoms with Gasteiger partial charge in [0.15, 0.2) is 11.4 Å². The van der Waals surface area contributed by atoms with Crippen molar-refractivity contribution >= 4 is 5.91 Å². The van der Waals surface area contributed by atoms with Gasteiger partial charge in [-0.1, -0.05) is 0 Å². The van der Waals surface area contributed by atoms with Crippen molar-refractivity contribution in [3.63, 3.8) is 0 Å². The molecule has 0 aliphatic heterocycles. The van der Waals surface area contributed by atoms with Crippen molar-refractivity contribution in [1.82, 2.24) is 15.5 Å². The summed E-state index contributed by atoms with van der Waals surface area (Å²) < 4.78 is 0. The summed E-state index contributed by atoms with van der Waals surface area (Å²) in [6, 6.07) is 0. The minimum atomic E-state index is -0.345. The van der Waals surface area contributed by atoms with Gasteiger partial charge < -0.3 is 10.4 Å².